The molecule has 2 amide bonds. The molecule has 3 aliphatic heterocycles. The van der Waals surface area contributed by atoms with Crippen molar-refractivity contribution in [1.29, 1.82) is 0 Å². The average molecular weight is 371 g/mol. The van der Waals surface area contributed by atoms with Crippen LogP contribution in [0, 0.1) is 0 Å². The summed E-state index contributed by atoms with van der Waals surface area (Å²) in [7, 11) is 0. The van der Waals surface area contributed by atoms with E-state index in [0.29, 0.717) is 12.1 Å². The molecule has 1 aromatic rings. The van der Waals surface area contributed by atoms with Crippen molar-refractivity contribution in [3.05, 3.63) is 23.8 Å². The molecule has 3 aliphatic rings. The van der Waals surface area contributed by atoms with Gasteiger partial charge in [-0.3, -0.25) is 14.5 Å². The Labute approximate surface area is 160 Å². The van der Waals surface area contributed by atoms with Crippen LogP contribution in [0.25, 0.3) is 0 Å². The fraction of sp³-hybridized carbons (Fsp3) is 0.700. The Morgan fingerprint density at radius 3 is 2.07 bits per heavy atom. The molecule has 0 aromatic carbocycles. The molecule has 0 saturated carbocycles. The van der Waals surface area contributed by atoms with Crippen LogP contribution in [0.5, 0.6) is 0 Å². The third-order valence-electron chi connectivity index (χ3n) is 6.22. The largest absolute Gasteiger partial charge is 0.337 e. The maximum atomic E-state index is 13.0. The number of hydrogen-bond acceptors (Lipinski definition) is 5. The molecular formula is C20H29N5O2. The number of aromatic nitrogens is 2. The van der Waals surface area contributed by atoms with E-state index in [4.69, 9.17) is 0 Å². The summed E-state index contributed by atoms with van der Waals surface area (Å²) < 4.78 is 0. The van der Waals surface area contributed by atoms with E-state index in [1.165, 1.54) is 31.7 Å². The number of hydrogen-bond donors (Lipinski definition) is 0. The number of carbonyl (C=O) groups is 2. The minimum absolute atomic E-state index is 0.159. The average Bonchev–Trinajstić information content (AvgIpc) is 2.68. The third kappa shape index (κ3) is 3.70. The van der Waals surface area contributed by atoms with E-state index in [1.54, 1.807) is 4.90 Å². The van der Waals surface area contributed by atoms with Crippen LogP contribution in [0.1, 0.15) is 66.4 Å². The highest BCUT2D eigenvalue weighted by molar-refractivity contribution is 6.04. The first-order valence-electron chi connectivity index (χ1n) is 10.3. The smallest absolute Gasteiger partial charge is 0.275 e. The first-order valence-corrected chi connectivity index (χ1v) is 10.3. The molecular weight excluding hydrogens is 342 g/mol. The molecule has 0 spiro atoms. The number of carbonyl (C=O) groups excluding carboxylic acids is 2. The van der Waals surface area contributed by atoms with Crippen molar-refractivity contribution < 1.29 is 9.59 Å². The second kappa shape index (κ2) is 7.92. The van der Waals surface area contributed by atoms with Gasteiger partial charge in [0, 0.05) is 50.7 Å². The quantitative estimate of drug-likeness (QED) is 0.810. The molecule has 4 heterocycles. The number of likely N-dealkylation sites (tertiary alicyclic amines) is 3. The first-order chi connectivity index (χ1) is 13.1. The van der Waals surface area contributed by atoms with Gasteiger partial charge in [-0.1, -0.05) is 6.42 Å². The molecule has 7 heteroatoms. The van der Waals surface area contributed by atoms with Gasteiger partial charge in [0.1, 0.15) is 0 Å². The molecule has 0 aliphatic carbocycles. The van der Waals surface area contributed by atoms with E-state index in [9.17, 15) is 9.59 Å². The number of rotatable bonds is 3. The molecule has 27 heavy (non-hydrogen) atoms. The van der Waals surface area contributed by atoms with Gasteiger partial charge in [0.25, 0.3) is 11.8 Å². The molecule has 3 saturated heterocycles. The van der Waals surface area contributed by atoms with Crippen LogP contribution in [0.15, 0.2) is 12.4 Å². The fourth-order valence-electron chi connectivity index (χ4n) is 4.54. The predicted molar refractivity (Wildman–Crippen MR) is 101 cm³/mol. The fourth-order valence-corrected chi connectivity index (χ4v) is 4.54. The van der Waals surface area contributed by atoms with Gasteiger partial charge in [-0.25, -0.2) is 9.97 Å². The lowest BCUT2D eigenvalue weighted by molar-refractivity contribution is 0.00166. The van der Waals surface area contributed by atoms with Gasteiger partial charge in [-0.15, -0.1) is 0 Å². The number of amides is 2. The summed E-state index contributed by atoms with van der Waals surface area (Å²) in [5, 5.41) is 0. The Balaban J connectivity index is 1.43. The molecule has 1 aromatic heterocycles. The molecule has 0 bridgehead atoms. The second-order valence-corrected chi connectivity index (χ2v) is 8.05. The van der Waals surface area contributed by atoms with Gasteiger partial charge in [0.05, 0.1) is 0 Å². The maximum absolute atomic E-state index is 13.0. The molecule has 1 atom stereocenters. The van der Waals surface area contributed by atoms with Crippen molar-refractivity contribution in [2.45, 2.75) is 57.5 Å². The summed E-state index contributed by atoms with van der Waals surface area (Å²) in [6.07, 6.45) is 9.96. The summed E-state index contributed by atoms with van der Waals surface area (Å²) in [6, 6.07) is 1.02. The molecule has 7 nitrogen and oxygen atoms in total. The summed E-state index contributed by atoms with van der Waals surface area (Å²) in [5.74, 6) is -0.322. The molecule has 0 N–H and O–H groups in total. The van der Waals surface area contributed by atoms with Crippen LogP contribution in [-0.4, -0.2) is 81.3 Å². The standard InChI is InChI=1S/C20H29N5O2/c1-15-7-3-6-12-25(15)16-13-24(14-16)20(27)18-17(21-8-9-22-18)19(26)23-10-4-2-5-11-23/h8-9,15-16H,2-7,10-14H2,1H3/t15-/m1/s1. The van der Waals surface area contributed by atoms with Crippen LogP contribution < -0.4 is 0 Å². The Kier molecular flexibility index (Phi) is 5.38. The van der Waals surface area contributed by atoms with Crippen molar-refractivity contribution in [2.75, 3.05) is 32.7 Å². The molecule has 146 valence electrons. The zero-order valence-electron chi connectivity index (χ0n) is 16.1. The highest BCUT2D eigenvalue weighted by Gasteiger charge is 2.39. The van der Waals surface area contributed by atoms with E-state index in [1.807, 2.05) is 4.90 Å². The van der Waals surface area contributed by atoms with E-state index >= 15 is 0 Å². The topological polar surface area (TPSA) is 69.6 Å². The normalized spacial score (nSPS) is 24.6. The second-order valence-electron chi connectivity index (χ2n) is 8.05. The molecule has 4 rings (SSSR count). The van der Waals surface area contributed by atoms with E-state index in [-0.39, 0.29) is 23.2 Å². The molecule has 0 unspecified atom stereocenters. The highest BCUT2D eigenvalue weighted by Crippen LogP contribution is 2.25. The lowest BCUT2D eigenvalue weighted by Crippen LogP contribution is -2.63. The number of nitrogens with zero attached hydrogens (tertiary/aromatic N) is 5. The minimum atomic E-state index is -0.163. The van der Waals surface area contributed by atoms with Crippen LogP contribution in [0.2, 0.25) is 0 Å². The minimum Gasteiger partial charge on any atom is -0.337 e. The van der Waals surface area contributed by atoms with Gasteiger partial charge in [-0.05, 0) is 45.6 Å². The summed E-state index contributed by atoms with van der Waals surface area (Å²) in [5.41, 5.74) is 0.414. The maximum Gasteiger partial charge on any atom is 0.275 e. The van der Waals surface area contributed by atoms with Gasteiger partial charge in [-0.2, -0.15) is 0 Å². The first kappa shape index (κ1) is 18.3. The van der Waals surface area contributed by atoms with Crippen molar-refractivity contribution in [3.63, 3.8) is 0 Å². The monoisotopic (exact) mass is 371 g/mol. The summed E-state index contributed by atoms with van der Waals surface area (Å²) in [6.45, 7) is 6.32. The lowest BCUT2D eigenvalue weighted by Gasteiger charge is -2.49. The summed E-state index contributed by atoms with van der Waals surface area (Å²) in [4.78, 5) is 40.4. The highest BCUT2D eigenvalue weighted by atomic mass is 16.2. The van der Waals surface area contributed by atoms with Gasteiger partial charge >= 0.3 is 0 Å². The zero-order valence-corrected chi connectivity index (χ0v) is 16.1. The van der Waals surface area contributed by atoms with Crippen LogP contribution in [0.3, 0.4) is 0 Å². The van der Waals surface area contributed by atoms with Crippen molar-refractivity contribution in [3.8, 4) is 0 Å². The van der Waals surface area contributed by atoms with Crippen molar-refractivity contribution >= 4 is 11.8 Å². The van der Waals surface area contributed by atoms with Crippen LogP contribution >= 0.6 is 0 Å². The van der Waals surface area contributed by atoms with E-state index < -0.39 is 0 Å². The van der Waals surface area contributed by atoms with E-state index in [0.717, 1.165) is 52.0 Å². The Morgan fingerprint density at radius 2 is 1.44 bits per heavy atom. The molecule has 0 radical (unpaired) electrons. The zero-order chi connectivity index (χ0) is 18.8. The number of piperidine rings is 2. The SMILES string of the molecule is C[C@@H]1CCCCN1C1CN(C(=O)c2nccnc2C(=O)N2CCCCC2)C1. The van der Waals surface area contributed by atoms with Gasteiger partial charge in [0.15, 0.2) is 11.4 Å². The van der Waals surface area contributed by atoms with Gasteiger partial charge in [0.2, 0.25) is 0 Å². The van der Waals surface area contributed by atoms with Crippen molar-refractivity contribution in [2.24, 2.45) is 0 Å². The van der Waals surface area contributed by atoms with Gasteiger partial charge < -0.3 is 9.80 Å². The van der Waals surface area contributed by atoms with E-state index in [2.05, 4.69) is 21.8 Å². The Hall–Kier alpha value is -2.02. The summed E-state index contributed by atoms with van der Waals surface area (Å²) >= 11 is 0. The Bertz CT molecular complexity index is 697. The van der Waals surface area contributed by atoms with Crippen LogP contribution in [0.4, 0.5) is 0 Å². The van der Waals surface area contributed by atoms with Crippen molar-refractivity contribution in [1.82, 2.24) is 24.7 Å². The lowest BCUT2D eigenvalue weighted by atomic mass is 9.97. The molecule has 3 fully saturated rings. The Morgan fingerprint density at radius 1 is 0.852 bits per heavy atom. The van der Waals surface area contributed by atoms with Crippen LogP contribution in [-0.2, 0) is 0 Å². The predicted octanol–water partition coefficient (Wildman–Crippen LogP) is 1.80. The third-order valence-corrected chi connectivity index (χ3v) is 6.22.